The third kappa shape index (κ3) is 1.75. The van der Waals surface area contributed by atoms with Crippen molar-refractivity contribution < 1.29 is 0 Å². The number of benzene rings is 1. The van der Waals surface area contributed by atoms with E-state index >= 15 is 0 Å². The van der Waals surface area contributed by atoms with Gasteiger partial charge in [0.2, 0.25) is 0 Å². The van der Waals surface area contributed by atoms with Gasteiger partial charge in [0.05, 0.1) is 0 Å². The first-order valence-electron chi connectivity index (χ1n) is 6.02. The number of fused-ring (bicyclic) bond motifs is 1. The van der Waals surface area contributed by atoms with E-state index in [1.165, 1.54) is 22.2 Å². The van der Waals surface area contributed by atoms with Crippen molar-refractivity contribution in [3.05, 3.63) is 35.5 Å². The minimum atomic E-state index is 0.194. The van der Waals surface area contributed by atoms with Gasteiger partial charge in [0.1, 0.15) is 0 Å². The monoisotopic (exact) mass is 215 g/mol. The molecule has 86 valence electrons. The smallest absolute Gasteiger partial charge is 0.0459 e. The molecule has 2 rings (SSSR count). The van der Waals surface area contributed by atoms with Crippen molar-refractivity contribution in [1.29, 1.82) is 0 Å². The van der Waals surface area contributed by atoms with Crippen LogP contribution in [0.4, 0.5) is 0 Å². The lowest BCUT2D eigenvalue weighted by Gasteiger charge is -2.21. The van der Waals surface area contributed by atoms with E-state index in [-0.39, 0.29) is 5.41 Å². The average molecular weight is 215 g/mol. The molecule has 1 N–H and O–H groups in total. The minimum absolute atomic E-state index is 0.194. The zero-order valence-corrected chi connectivity index (χ0v) is 10.9. The van der Waals surface area contributed by atoms with Crippen molar-refractivity contribution >= 4 is 10.9 Å². The molecule has 0 aliphatic carbocycles. The van der Waals surface area contributed by atoms with E-state index in [0.29, 0.717) is 5.92 Å². The van der Waals surface area contributed by atoms with Crippen LogP contribution < -0.4 is 0 Å². The largest absolute Gasteiger partial charge is 0.358 e. The Labute approximate surface area is 97.9 Å². The zero-order chi connectivity index (χ0) is 11.9. The van der Waals surface area contributed by atoms with Crippen LogP contribution in [0.2, 0.25) is 0 Å². The molecule has 0 saturated heterocycles. The maximum atomic E-state index is 3.57. The highest BCUT2D eigenvalue weighted by molar-refractivity contribution is 5.85. The molecule has 0 aliphatic rings. The Kier molecular flexibility index (Phi) is 2.57. The maximum absolute atomic E-state index is 3.57. The number of H-pyrrole nitrogens is 1. The zero-order valence-electron chi connectivity index (χ0n) is 10.9. The number of para-hydroxylation sites is 1. The molecule has 0 unspecified atom stereocenters. The van der Waals surface area contributed by atoms with E-state index in [9.17, 15) is 0 Å². The summed E-state index contributed by atoms with van der Waals surface area (Å²) in [5.74, 6) is 0.543. The van der Waals surface area contributed by atoms with Crippen LogP contribution in [0.5, 0.6) is 0 Å². The molecule has 0 amide bonds. The van der Waals surface area contributed by atoms with Crippen LogP contribution in [0.25, 0.3) is 10.9 Å². The highest BCUT2D eigenvalue weighted by Crippen LogP contribution is 2.36. The minimum Gasteiger partial charge on any atom is -0.358 e. The molecule has 1 nitrogen and oxygen atoms in total. The van der Waals surface area contributed by atoms with Gasteiger partial charge in [-0.1, -0.05) is 52.8 Å². The first-order valence-corrected chi connectivity index (χ1v) is 6.02. The summed E-state index contributed by atoms with van der Waals surface area (Å²) in [6.45, 7) is 11.4. The Morgan fingerprint density at radius 1 is 1.06 bits per heavy atom. The van der Waals surface area contributed by atoms with Crippen molar-refractivity contribution in [2.45, 2.75) is 46.0 Å². The third-order valence-corrected chi connectivity index (χ3v) is 3.06. The first kappa shape index (κ1) is 11.3. The molecule has 1 aromatic carbocycles. The molecule has 16 heavy (non-hydrogen) atoms. The molecule has 0 aliphatic heterocycles. The Morgan fingerprint density at radius 2 is 1.69 bits per heavy atom. The Hall–Kier alpha value is -1.24. The second-order valence-corrected chi connectivity index (χ2v) is 5.86. The van der Waals surface area contributed by atoms with Gasteiger partial charge < -0.3 is 4.98 Å². The quantitative estimate of drug-likeness (QED) is 0.716. The van der Waals surface area contributed by atoms with Gasteiger partial charge in [-0.2, -0.15) is 0 Å². The molecule has 1 heteroatoms. The lowest BCUT2D eigenvalue weighted by Crippen LogP contribution is -2.13. The molecule has 0 atom stereocenters. The van der Waals surface area contributed by atoms with E-state index in [1.807, 2.05) is 0 Å². The van der Waals surface area contributed by atoms with Gasteiger partial charge in [0.25, 0.3) is 0 Å². The second kappa shape index (κ2) is 3.65. The maximum Gasteiger partial charge on any atom is 0.0459 e. The molecule has 0 radical (unpaired) electrons. The summed E-state index contributed by atoms with van der Waals surface area (Å²) in [6, 6.07) is 8.60. The van der Waals surface area contributed by atoms with E-state index < -0.39 is 0 Å². The fraction of sp³-hybridized carbons (Fsp3) is 0.467. The summed E-state index contributed by atoms with van der Waals surface area (Å²) in [5, 5.41) is 1.37. The average Bonchev–Trinajstić information content (AvgIpc) is 2.55. The van der Waals surface area contributed by atoms with Gasteiger partial charge in [-0.3, -0.25) is 0 Å². The molecule has 0 spiro atoms. The summed E-state index contributed by atoms with van der Waals surface area (Å²) in [4.78, 5) is 3.57. The van der Waals surface area contributed by atoms with Crippen LogP contribution in [-0.2, 0) is 5.41 Å². The lowest BCUT2D eigenvalue weighted by molar-refractivity contribution is 0.581. The van der Waals surface area contributed by atoms with Gasteiger partial charge in [0.15, 0.2) is 0 Å². The molecular weight excluding hydrogens is 194 g/mol. The summed E-state index contributed by atoms with van der Waals surface area (Å²) >= 11 is 0. The molecule has 0 bridgehead atoms. The van der Waals surface area contributed by atoms with Gasteiger partial charge in [0, 0.05) is 16.6 Å². The Bertz CT molecular complexity index is 498. The van der Waals surface area contributed by atoms with Crippen molar-refractivity contribution in [2.24, 2.45) is 0 Å². The van der Waals surface area contributed by atoms with Crippen LogP contribution in [0.1, 0.15) is 51.8 Å². The van der Waals surface area contributed by atoms with Gasteiger partial charge >= 0.3 is 0 Å². The van der Waals surface area contributed by atoms with E-state index in [0.717, 1.165) is 0 Å². The number of rotatable bonds is 1. The number of hydrogen-bond acceptors (Lipinski definition) is 0. The summed E-state index contributed by atoms with van der Waals surface area (Å²) in [5.41, 5.74) is 4.31. The van der Waals surface area contributed by atoms with Crippen LogP contribution in [0.3, 0.4) is 0 Å². The van der Waals surface area contributed by atoms with Crippen LogP contribution in [0, 0.1) is 0 Å². The Balaban J connectivity index is 2.80. The standard InChI is InChI=1S/C15H21N/c1-10(2)14-13(15(3,4)5)11-8-6-7-9-12(11)16-14/h6-10,16H,1-5H3. The third-order valence-electron chi connectivity index (χ3n) is 3.06. The first-order chi connectivity index (χ1) is 7.41. The van der Waals surface area contributed by atoms with Crippen LogP contribution in [0.15, 0.2) is 24.3 Å². The van der Waals surface area contributed by atoms with Gasteiger partial charge in [-0.25, -0.2) is 0 Å². The van der Waals surface area contributed by atoms with E-state index in [2.05, 4.69) is 63.9 Å². The molecule has 0 saturated carbocycles. The van der Waals surface area contributed by atoms with Crippen LogP contribution in [-0.4, -0.2) is 4.98 Å². The van der Waals surface area contributed by atoms with E-state index in [1.54, 1.807) is 0 Å². The number of nitrogens with one attached hydrogen (secondary N) is 1. The number of aromatic nitrogens is 1. The second-order valence-electron chi connectivity index (χ2n) is 5.86. The van der Waals surface area contributed by atoms with Gasteiger partial charge in [-0.05, 0) is 23.0 Å². The summed E-state index contributed by atoms with van der Waals surface area (Å²) in [7, 11) is 0. The van der Waals surface area contributed by atoms with Crippen molar-refractivity contribution in [3.63, 3.8) is 0 Å². The molecule has 1 aromatic heterocycles. The lowest BCUT2D eigenvalue weighted by atomic mass is 9.82. The number of aromatic amines is 1. The van der Waals surface area contributed by atoms with Crippen molar-refractivity contribution in [1.82, 2.24) is 4.98 Å². The molecule has 1 heterocycles. The topological polar surface area (TPSA) is 15.8 Å². The predicted octanol–water partition coefficient (Wildman–Crippen LogP) is 4.59. The molecule has 0 fully saturated rings. The van der Waals surface area contributed by atoms with Crippen molar-refractivity contribution in [3.8, 4) is 0 Å². The van der Waals surface area contributed by atoms with Gasteiger partial charge in [-0.15, -0.1) is 0 Å². The normalized spacial score (nSPS) is 12.6. The molecule has 2 aromatic rings. The highest BCUT2D eigenvalue weighted by Gasteiger charge is 2.24. The van der Waals surface area contributed by atoms with Crippen LogP contribution >= 0.6 is 0 Å². The fourth-order valence-electron chi connectivity index (χ4n) is 2.40. The van der Waals surface area contributed by atoms with Crippen molar-refractivity contribution in [2.75, 3.05) is 0 Å². The van der Waals surface area contributed by atoms with E-state index in [4.69, 9.17) is 0 Å². The SMILES string of the molecule is CC(C)c1[nH]c2ccccc2c1C(C)(C)C. The molecular formula is C15H21N. The predicted molar refractivity (Wildman–Crippen MR) is 71.1 cm³/mol. The summed E-state index contributed by atoms with van der Waals surface area (Å²) < 4.78 is 0. The summed E-state index contributed by atoms with van der Waals surface area (Å²) in [6.07, 6.45) is 0. The highest BCUT2D eigenvalue weighted by atomic mass is 14.7. The number of hydrogen-bond donors (Lipinski definition) is 1. The Morgan fingerprint density at radius 3 is 2.25 bits per heavy atom. The fourth-order valence-corrected chi connectivity index (χ4v) is 2.40.